The second-order valence-electron chi connectivity index (χ2n) is 8.74. The maximum Gasteiger partial charge on any atom is 0.407 e. The summed E-state index contributed by atoms with van der Waals surface area (Å²) in [6.07, 6.45) is 3.51. The van der Waals surface area contributed by atoms with Gasteiger partial charge in [0.15, 0.2) is 9.84 Å². The molecule has 1 aromatic rings. The number of aromatic hydroxyl groups is 1. The van der Waals surface area contributed by atoms with Crippen LogP contribution in [0.25, 0.3) is 0 Å². The van der Waals surface area contributed by atoms with Crippen molar-refractivity contribution in [1.29, 1.82) is 0 Å². The van der Waals surface area contributed by atoms with E-state index >= 15 is 0 Å². The Kier molecular flexibility index (Phi) is 7.94. The van der Waals surface area contributed by atoms with Crippen molar-refractivity contribution >= 4 is 15.9 Å². The summed E-state index contributed by atoms with van der Waals surface area (Å²) < 4.78 is 30.7. The SMILES string of the molecule is CC(C)(C)OC(=O)NCCC(O)c1cc(S(=O)(=O)CC2CCCCC2)ccc1O. The summed E-state index contributed by atoms with van der Waals surface area (Å²) in [5, 5.41) is 23.0. The van der Waals surface area contributed by atoms with Crippen molar-refractivity contribution in [2.24, 2.45) is 5.92 Å². The topological polar surface area (TPSA) is 113 Å². The lowest BCUT2D eigenvalue weighted by Gasteiger charge is -2.22. The fourth-order valence-corrected chi connectivity index (χ4v) is 5.26. The summed E-state index contributed by atoms with van der Waals surface area (Å²) in [5.41, 5.74) is -0.483. The van der Waals surface area contributed by atoms with Crippen molar-refractivity contribution in [2.45, 2.75) is 75.9 Å². The molecule has 3 N–H and O–H groups in total. The highest BCUT2D eigenvalue weighted by Gasteiger charge is 2.25. The summed E-state index contributed by atoms with van der Waals surface area (Å²) in [4.78, 5) is 11.8. The highest BCUT2D eigenvalue weighted by Crippen LogP contribution is 2.31. The minimum atomic E-state index is -3.50. The van der Waals surface area contributed by atoms with E-state index in [9.17, 15) is 23.4 Å². The fraction of sp³-hybridized carbons (Fsp3) is 0.667. The molecule has 1 atom stereocenters. The van der Waals surface area contributed by atoms with Gasteiger partial charge in [0.1, 0.15) is 11.4 Å². The molecular formula is C21H33NO6S. The second kappa shape index (κ2) is 9.80. The number of phenols is 1. The minimum absolute atomic E-state index is 0.0908. The molecular weight excluding hydrogens is 394 g/mol. The number of amides is 1. The third kappa shape index (κ3) is 7.51. The zero-order chi connectivity index (χ0) is 21.7. The van der Waals surface area contributed by atoms with Gasteiger partial charge in [0.25, 0.3) is 0 Å². The van der Waals surface area contributed by atoms with Crippen LogP contribution in [0.5, 0.6) is 5.75 Å². The third-order valence-corrected chi connectivity index (χ3v) is 6.87. The van der Waals surface area contributed by atoms with Crippen LogP contribution in [0, 0.1) is 5.92 Å². The molecule has 1 unspecified atom stereocenters. The predicted molar refractivity (Wildman–Crippen MR) is 111 cm³/mol. The van der Waals surface area contributed by atoms with Crippen LogP contribution in [-0.2, 0) is 14.6 Å². The smallest absolute Gasteiger partial charge is 0.407 e. The molecule has 0 radical (unpaired) electrons. The van der Waals surface area contributed by atoms with Crippen LogP contribution in [0.2, 0.25) is 0 Å². The van der Waals surface area contributed by atoms with Crippen molar-refractivity contribution in [1.82, 2.24) is 5.32 Å². The number of ether oxygens (including phenoxy) is 1. The average Bonchev–Trinajstić information content (AvgIpc) is 2.60. The summed E-state index contributed by atoms with van der Waals surface area (Å²) >= 11 is 0. The van der Waals surface area contributed by atoms with E-state index in [1.807, 2.05) is 0 Å². The van der Waals surface area contributed by atoms with Crippen LogP contribution in [0.4, 0.5) is 4.79 Å². The number of alkyl carbamates (subject to hydrolysis) is 1. The molecule has 0 aliphatic heterocycles. The number of hydrogen-bond acceptors (Lipinski definition) is 6. The van der Waals surface area contributed by atoms with E-state index in [0.29, 0.717) is 0 Å². The van der Waals surface area contributed by atoms with Crippen molar-refractivity contribution in [3.05, 3.63) is 23.8 Å². The minimum Gasteiger partial charge on any atom is -0.508 e. The molecule has 8 heteroatoms. The van der Waals surface area contributed by atoms with Crippen molar-refractivity contribution in [3.8, 4) is 5.75 Å². The first-order chi connectivity index (χ1) is 13.5. The van der Waals surface area contributed by atoms with Crippen LogP contribution in [-0.4, -0.2) is 42.6 Å². The van der Waals surface area contributed by atoms with Crippen molar-refractivity contribution < 1.29 is 28.2 Å². The van der Waals surface area contributed by atoms with Crippen LogP contribution < -0.4 is 5.32 Å². The molecule has 164 valence electrons. The molecule has 1 aliphatic carbocycles. The highest BCUT2D eigenvalue weighted by atomic mass is 32.2. The first-order valence-electron chi connectivity index (χ1n) is 10.2. The van der Waals surface area contributed by atoms with E-state index in [1.165, 1.54) is 18.2 Å². The Balaban J connectivity index is 2.00. The van der Waals surface area contributed by atoms with Crippen LogP contribution in [0.15, 0.2) is 23.1 Å². The molecule has 29 heavy (non-hydrogen) atoms. The van der Waals surface area contributed by atoms with Gasteiger partial charge in [0.05, 0.1) is 16.8 Å². The Morgan fingerprint density at radius 2 is 1.90 bits per heavy atom. The molecule has 0 saturated heterocycles. The molecule has 0 bridgehead atoms. The number of carbonyl (C=O) groups is 1. The van der Waals surface area contributed by atoms with Gasteiger partial charge in [0, 0.05) is 12.1 Å². The Hall–Kier alpha value is -1.80. The number of rotatable bonds is 7. The van der Waals surface area contributed by atoms with E-state index in [1.54, 1.807) is 20.8 Å². The van der Waals surface area contributed by atoms with Gasteiger partial charge in [-0.2, -0.15) is 0 Å². The largest absolute Gasteiger partial charge is 0.508 e. The van der Waals surface area contributed by atoms with E-state index < -0.39 is 27.6 Å². The zero-order valence-corrected chi connectivity index (χ0v) is 18.3. The summed E-state index contributed by atoms with van der Waals surface area (Å²) in [6, 6.07) is 4.02. The van der Waals surface area contributed by atoms with Gasteiger partial charge in [0.2, 0.25) is 0 Å². The fourth-order valence-electron chi connectivity index (χ4n) is 3.53. The van der Waals surface area contributed by atoms with Gasteiger partial charge >= 0.3 is 6.09 Å². The molecule has 0 aromatic heterocycles. The van der Waals surface area contributed by atoms with Crippen LogP contribution >= 0.6 is 0 Å². The number of nitrogens with one attached hydrogen (secondary N) is 1. The van der Waals surface area contributed by atoms with Crippen LogP contribution in [0.1, 0.15) is 71.0 Å². The average molecular weight is 428 g/mol. The molecule has 1 aromatic carbocycles. The van der Waals surface area contributed by atoms with E-state index in [4.69, 9.17) is 4.74 Å². The second-order valence-corrected chi connectivity index (χ2v) is 10.8. The number of sulfone groups is 1. The van der Waals surface area contributed by atoms with E-state index in [0.717, 1.165) is 32.1 Å². The van der Waals surface area contributed by atoms with Gasteiger partial charge in [-0.15, -0.1) is 0 Å². The number of benzene rings is 1. The summed E-state index contributed by atoms with van der Waals surface area (Å²) in [7, 11) is -3.50. The number of phenolic OH excluding ortho intramolecular Hbond substituents is 1. The summed E-state index contributed by atoms with van der Waals surface area (Å²) in [6.45, 7) is 5.37. The molecule has 7 nitrogen and oxygen atoms in total. The lowest BCUT2D eigenvalue weighted by atomic mass is 9.91. The maximum atomic E-state index is 12.8. The Bertz CT molecular complexity index is 794. The molecule has 0 spiro atoms. The number of carbonyl (C=O) groups excluding carboxylic acids is 1. The predicted octanol–water partition coefficient (Wildman–Crippen LogP) is 3.69. The van der Waals surface area contributed by atoms with Gasteiger partial charge in [-0.3, -0.25) is 0 Å². The first-order valence-corrected chi connectivity index (χ1v) is 11.8. The number of aliphatic hydroxyl groups excluding tert-OH is 1. The molecule has 1 saturated carbocycles. The summed E-state index contributed by atoms with van der Waals surface area (Å²) in [5.74, 6) is 0.0772. The molecule has 1 fully saturated rings. The molecule has 1 aliphatic rings. The van der Waals surface area contributed by atoms with Gasteiger partial charge < -0.3 is 20.3 Å². The quantitative estimate of drug-likeness (QED) is 0.612. The normalized spacial score (nSPS) is 17.0. The van der Waals surface area contributed by atoms with E-state index in [2.05, 4.69) is 5.32 Å². The van der Waals surface area contributed by atoms with Crippen molar-refractivity contribution in [2.75, 3.05) is 12.3 Å². The number of hydrogen-bond donors (Lipinski definition) is 3. The molecule has 1 amide bonds. The van der Waals surface area contributed by atoms with Gasteiger partial charge in [-0.1, -0.05) is 19.3 Å². The molecule has 2 rings (SSSR count). The first kappa shape index (κ1) is 23.5. The van der Waals surface area contributed by atoms with Gasteiger partial charge in [-0.05, 0) is 64.2 Å². The third-order valence-electron chi connectivity index (χ3n) is 4.98. The lowest BCUT2D eigenvalue weighted by Crippen LogP contribution is -2.33. The monoisotopic (exact) mass is 427 g/mol. The Morgan fingerprint density at radius 1 is 1.24 bits per heavy atom. The zero-order valence-electron chi connectivity index (χ0n) is 17.5. The Labute approximate surface area is 173 Å². The van der Waals surface area contributed by atoms with Crippen LogP contribution in [0.3, 0.4) is 0 Å². The highest BCUT2D eigenvalue weighted by molar-refractivity contribution is 7.91. The van der Waals surface area contributed by atoms with E-state index in [-0.39, 0.29) is 40.8 Å². The lowest BCUT2D eigenvalue weighted by molar-refractivity contribution is 0.0518. The number of aliphatic hydroxyl groups is 1. The maximum absolute atomic E-state index is 12.8. The van der Waals surface area contributed by atoms with Gasteiger partial charge in [-0.25, -0.2) is 13.2 Å². The Morgan fingerprint density at radius 3 is 2.52 bits per heavy atom. The molecule has 0 heterocycles. The van der Waals surface area contributed by atoms with Crippen molar-refractivity contribution in [3.63, 3.8) is 0 Å². The standard InChI is InChI=1S/C21H33NO6S/c1-21(2,3)28-20(25)22-12-11-19(24)17-13-16(9-10-18(17)23)29(26,27)14-15-7-5-4-6-8-15/h9-10,13,15,19,23-24H,4-8,11-12,14H2,1-3H3,(H,22,25).